The maximum Gasteiger partial charge on any atom is 0.303 e. The third kappa shape index (κ3) is 8.06. The lowest BCUT2D eigenvalue weighted by atomic mass is 9.99. The predicted octanol–water partition coefficient (Wildman–Crippen LogP) is 1.61. The third-order valence-electron chi connectivity index (χ3n) is 2.72. The molecule has 0 bridgehead atoms. The van der Waals surface area contributed by atoms with Gasteiger partial charge in [0.25, 0.3) is 0 Å². The van der Waals surface area contributed by atoms with Crippen LogP contribution in [0.5, 0.6) is 0 Å². The van der Waals surface area contributed by atoms with Crippen molar-refractivity contribution >= 4 is 11.9 Å². The van der Waals surface area contributed by atoms with Crippen LogP contribution < -0.4 is 5.73 Å². The van der Waals surface area contributed by atoms with Crippen molar-refractivity contribution in [1.82, 2.24) is 4.90 Å². The van der Waals surface area contributed by atoms with Crippen molar-refractivity contribution in [1.29, 1.82) is 0 Å². The van der Waals surface area contributed by atoms with Gasteiger partial charge in [0.05, 0.1) is 0 Å². The van der Waals surface area contributed by atoms with E-state index in [0.29, 0.717) is 25.8 Å². The van der Waals surface area contributed by atoms with Crippen molar-refractivity contribution < 1.29 is 14.7 Å². The van der Waals surface area contributed by atoms with Crippen LogP contribution in [0.25, 0.3) is 0 Å². The summed E-state index contributed by atoms with van der Waals surface area (Å²) in [5, 5.41) is 8.59. The molecule has 0 saturated carbocycles. The summed E-state index contributed by atoms with van der Waals surface area (Å²) in [5.74, 6) is -0.775. The first-order valence-corrected chi connectivity index (χ1v) is 6.43. The molecular weight excluding hydrogens is 232 g/mol. The molecule has 0 aromatic carbocycles. The molecule has 0 fully saturated rings. The Labute approximate surface area is 109 Å². The highest BCUT2D eigenvalue weighted by molar-refractivity contribution is 5.76. The van der Waals surface area contributed by atoms with Crippen molar-refractivity contribution in [3.8, 4) is 0 Å². The summed E-state index contributed by atoms with van der Waals surface area (Å²) < 4.78 is 0. The van der Waals surface area contributed by atoms with Gasteiger partial charge in [-0.15, -0.1) is 0 Å². The van der Waals surface area contributed by atoms with E-state index in [1.807, 2.05) is 27.7 Å². The van der Waals surface area contributed by atoms with Gasteiger partial charge in [0, 0.05) is 31.0 Å². The number of aliphatic carboxylic acids is 1. The normalized spacial score (nSPS) is 11.7. The van der Waals surface area contributed by atoms with E-state index in [1.165, 1.54) is 0 Å². The van der Waals surface area contributed by atoms with Gasteiger partial charge in [-0.3, -0.25) is 9.59 Å². The second-order valence-corrected chi connectivity index (χ2v) is 5.67. The highest BCUT2D eigenvalue weighted by Crippen LogP contribution is 2.11. The predicted molar refractivity (Wildman–Crippen MR) is 71.2 cm³/mol. The number of hydrogen-bond acceptors (Lipinski definition) is 3. The number of carboxylic acid groups (broad SMARTS) is 1. The Morgan fingerprint density at radius 2 is 1.83 bits per heavy atom. The largest absolute Gasteiger partial charge is 0.481 e. The summed E-state index contributed by atoms with van der Waals surface area (Å²) in [5.41, 5.74) is 5.50. The van der Waals surface area contributed by atoms with E-state index >= 15 is 0 Å². The molecule has 18 heavy (non-hydrogen) atoms. The zero-order valence-corrected chi connectivity index (χ0v) is 11.9. The Morgan fingerprint density at radius 1 is 1.28 bits per heavy atom. The van der Waals surface area contributed by atoms with E-state index in [0.717, 1.165) is 0 Å². The molecule has 0 rings (SSSR count). The van der Waals surface area contributed by atoms with E-state index in [1.54, 1.807) is 4.90 Å². The summed E-state index contributed by atoms with van der Waals surface area (Å²) in [4.78, 5) is 24.2. The van der Waals surface area contributed by atoms with Gasteiger partial charge in [-0.2, -0.15) is 0 Å². The Bertz CT molecular complexity index is 282. The van der Waals surface area contributed by atoms with Gasteiger partial charge in [-0.05, 0) is 40.5 Å². The minimum absolute atomic E-state index is 0.0499. The molecule has 0 aromatic heterocycles. The van der Waals surface area contributed by atoms with Crippen molar-refractivity contribution in [2.24, 2.45) is 5.73 Å². The van der Waals surface area contributed by atoms with Crippen molar-refractivity contribution in [3.63, 3.8) is 0 Å². The summed E-state index contributed by atoms with van der Waals surface area (Å²) >= 11 is 0. The van der Waals surface area contributed by atoms with Gasteiger partial charge >= 0.3 is 5.97 Å². The summed E-state index contributed by atoms with van der Waals surface area (Å²) in [7, 11) is 0. The fourth-order valence-electron chi connectivity index (χ4n) is 1.64. The van der Waals surface area contributed by atoms with Crippen molar-refractivity contribution in [2.75, 3.05) is 6.54 Å². The number of carbonyl (C=O) groups excluding carboxylic acids is 1. The average Bonchev–Trinajstić information content (AvgIpc) is 2.19. The molecule has 3 N–H and O–H groups in total. The van der Waals surface area contributed by atoms with Gasteiger partial charge in [-0.25, -0.2) is 0 Å². The number of nitrogens with zero attached hydrogens (tertiary/aromatic N) is 1. The lowest BCUT2D eigenvalue weighted by Gasteiger charge is -2.28. The first-order valence-electron chi connectivity index (χ1n) is 6.43. The van der Waals surface area contributed by atoms with E-state index in [-0.39, 0.29) is 23.9 Å². The topological polar surface area (TPSA) is 83.6 Å². The summed E-state index contributed by atoms with van der Waals surface area (Å²) in [6.45, 7) is 8.15. The minimum Gasteiger partial charge on any atom is -0.481 e. The van der Waals surface area contributed by atoms with Gasteiger partial charge in [0.1, 0.15) is 0 Å². The monoisotopic (exact) mass is 258 g/mol. The van der Waals surface area contributed by atoms with E-state index in [2.05, 4.69) is 0 Å². The average molecular weight is 258 g/mol. The molecule has 0 atom stereocenters. The Morgan fingerprint density at radius 3 is 2.22 bits per heavy atom. The third-order valence-corrected chi connectivity index (χ3v) is 2.72. The highest BCUT2D eigenvalue weighted by atomic mass is 16.4. The number of amides is 1. The van der Waals surface area contributed by atoms with Gasteiger partial charge in [0.2, 0.25) is 5.91 Å². The lowest BCUT2D eigenvalue weighted by molar-refractivity contribution is -0.138. The molecule has 0 saturated heterocycles. The number of rotatable bonds is 8. The maximum absolute atomic E-state index is 12.0. The van der Waals surface area contributed by atoms with Crippen LogP contribution in [-0.4, -0.2) is 40.0 Å². The van der Waals surface area contributed by atoms with Crippen molar-refractivity contribution in [2.45, 2.75) is 65.0 Å². The van der Waals surface area contributed by atoms with Gasteiger partial charge in [-0.1, -0.05) is 0 Å². The molecule has 0 aliphatic heterocycles. The fraction of sp³-hybridized carbons (Fsp3) is 0.846. The van der Waals surface area contributed by atoms with E-state index in [9.17, 15) is 9.59 Å². The zero-order chi connectivity index (χ0) is 14.3. The quantitative estimate of drug-likeness (QED) is 0.692. The number of nitrogens with two attached hydrogens (primary N) is 1. The molecular formula is C13H26N2O3. The molecule has 0 aliphatic carbocycles. The van der Waals surface area contributed by atoms with E-state index in [4.69, 9.17) is 10.8 Å². The molecule has 5 heteroatoms. The molecule has 0 radical (unpaired) electrons. The van der Waals surface area contributed by atoms with Crippen LogP contribution in [0.15, 0.2) is 0 Å². The van der Waals surface area contributed by atoms with Crippen LogP contribution in [0.2, 0.25) is 0 Å². The Balaban J connectivity index is 4.24. The number of hydrogen-bond donors (Lipinski definition) is 2. The highest BCUT2D eigenvalue weighted by Gasteiger charge is 2.20. The second kappa shape index (κ2) is 7.36. The molecule has 1 amide bonds. The maximum atomic E-state index is 12.0. The zero-order valence-electron chi connectivity index (χ0n) is 11.9. The smallest absolute Gasteiger partial charge is 0.303 e. The standard InChI is InChI=1S/C13H26N2O3/c1-10(2)15(9-5-6-12(17)18)11(16)7-8-13(3,4)14/h10H,5-9,14H2,1-4H3,(H,17,18). The molecule has 0 spiro atoms. The fourth-order valence-corrected chi connectivity index (χ4v) is 1.64. The van der Waals surface area contributed by atoms with Gasteiger partial charge in [0.15, 0.2) is 0 Å². The van der Waals surface area contributed by atoms with Crippen LogP contribution in [0.4, 0.5) is 0 Å². The lowest BCUT2D eigenvalue weighted by Crippen LogP contribution is -2.40. The molecule has 0 heterocycles. The Kier molecular flexibility index (Phi) is 6.91. The van der Waals surface area contributed by atoms with Crippen LogP contribution in [0, 0.1) is 0 Å². The molecule has 5 nitrogen and oxygen atoms in total. The molecule has 106 valence electrons. The first-order chi connectivity index (χ1) is 8.13. The van der Waals surface area contributed by atoms with Crippen LogP contribution >= 0.6 is 0 Å². The first kappa shape index (κ1) is 16.9. The molecule has 0 aromatic rings. The summed E-state index contributed by atoms with van der Waals surface area (Å²) in [6, 6.07) is 0.0900. The van der Waals surface area contributed by atoms with Crippen LogP contribution in [0.1, 0.15) is 53.4 Å². The number of carbonyl (C=O) groups is 2. The van der Waals surface area contributed by atoms with Gasteiger partial charge < -0.3 is 15.7 Å². The van der Waals surface area contributed by atoms with Crippen molar-refractivity contribution in [3.05, 3.63) is 0 Å². The molecule has 0 unspecified atom stereocenters. The second-order valence-electron chi connectivity index (χ2n) is 5.67. The van der Waals surface area contributed by atoms with E-state index < -0.39 is 5.97 Å². The minimum atomic E-state index is -0.825. The number of carboxylic acids is 1. The van der Waals surface area contributed by atoms with Crippen LogP contribution in [-0.2, 0) is 9.59 Å². The Hall–Kier alpha value is -1.10. The molecule has 0 aliphatic rings. The summed E-state index contributed by atoms with van der Waals surface area (Å²) in [6.07, 6.45) is 1.63. The SMILES string of the molecule is CC(C)N(CCCC(=O)O)C(=O)CCC(C)(C)N. The van der Waals surface area contributed by atoms with Crippen LogP contribution in [0.3, 0.4) is 0 Å².